The van der Waals surface area contributed by atoms with Crippen molar-refractivity contribution in [3.8, 4) is 16.9 Å². The van der Waals surface area contributed by atoms with Gasteiger partial charge in [-0.1, -0.05) is 18.2 Å². The fourth-order valence-electron chi connectivity index (χ4n) is 4.15. The van der Waals surface area contributed by atoms with Crippen molar-refractivity contribution >= 4 is 5.69 Å². The van der Waals surface area contributed by atoms with Gasteiger partial charge < -0.3 is 15.4 Å². The van der Waals surface area contributed by atoms with Gasteiger partial charge in [-0.25, -0.2) is 0 Å². The summed E-state index contributed by atoms with van der Waals surface area (Å²) in [5, 5.41) is 7.30. The largest absolute Gasteiger partial charge is 0.497 e. The van der Waals surface area contributed by atoms with E-state index >= 15 is 0 Å². The number of nitrogens with one attached hydrogen (secondary N) is 2. The predicted molar refractivity (Wildman–Crippen MR) is 95.4 cm³/mol. The van der Waals surface area contributed by atoms with Gasteiger partial charge in [-0.3, -0.25) is 0 Å². The SMILES string of the molecule is COc1ccc(-c2cccc3c2C2CCNCCC2N3)c(C)c1. The second-order valence-electron chi connectivity index (χ2n) is 6.63. The molecular weight excluding hydrogens is 284 g/mol. The van der Waals surface area contributed by atoms with Crippen LogP contribution in [0, 0.1) is 6.92 Å². The standard InChI is InChI=1S/C20H24N2O/c1-13-12-14(23-2)6-7-15(13)16-4-3-5-19-20(16)17-8-10-21-11-9-18(17)22-19/h3-7,12,17-18,21-22H,8-11H2,1-2H3. The molecule has 0 aliphatic carbocycles. The van der Waals surface area contributed by atoms with Crippen molar-refractivity contribution < 1.29 is 4.74 Å². The van der Waals surface area contributed by atoms with Crippen LogP contribution in [-0.4, -0.2) is 26.2 Å². The van der Waals surface area contributed by atoms with Crippen molar-refractivity contribution in [2.24, 2.45) is 0 Å². The monoisotopic (exact) mass is 308 g/mol. The summed E-state index contributed by atoms with van der Waals surface area (Å²) in [6, 6.07) is 13.6. The highest BCUT2D eigenvalue weighted by molar-refractivity contribution is 5.79. The van der Waals surface area contributed by atoms with E-state index in [-0.39, 0.29) is 0 Å². The van der Waals surface area contributed by atoms with Gasteiger partial charge in [-0.15, -0.1) is 0 Å². The molecule has 2 aliphatic rings. The zero-order chi connectivity index (χ0) is 15.8. The van der Waals surface area contributed by atoms with Gasteiger partial charge >= 0.3 is 0 Å². The molecule has 0 aromatic heterocycles. The minimum absolute atomic E-state index is 0.569. The van der Waals surface area contributed by atoms with Crippen molar-refractivity contribution in [1.82, 2.24) is 5.32 Å². The van der Waals surface area contributed by atoms with Gasteiger partial charge in [-0.05, 0) is 73.3 Å². The Bertz CT molecular complexity index is 726. The summed E-state index contributed by atoms with van der Waals surface area (Å²) in [4.78, 5) is 0. The lowest BCUT2D eigenvalue weighted by Gasteiger charge is -2.19. The van der Waals surface area contributed by atoms with Crippen LogP contribution in [0.1, 0.15) is 29.9 Å². The van der Waals surface area contributed by atoms with E-state index in [9.17, 15) is 0 Å². The molecule has 0 spiro atoms. The number of rotatable bonds is 2. The van der Waals surface area contributed by atoms with Gasteiger partial charge in [-0.2, -0.15) is 0 Å². The zero-order valence-electron chi connectivity index (χ0n) is 13.9. The Morgan fingerprint density at radius 1 is 1.04 bits per heavy atom. The average Bonchev–Trinajstić information content (AvgIpc) is 2.76. The number of fused-ring (bicyclic) bond motifs is 3. The van der Waals surface area contributed by atoms with Crippen LogP contribution in [0.4, 0.5) is 5.69 Å². The third kappa shape index (κ3) is 2.49. The van der Waals surface area contributed by atoms with Gasteiger partial charge in [0, 0.05) is 17.6 Å². The van der Waals surface area contributed by atoms with Crippen LogP contribution in [0.2, 0.25) is 0 Å². The Morgan fingerprint density at radius 2 is 1.91 bits per heavy atom. The van der Waals surface area contributed by atoms with Crippen LogP contribution in [0.5, 0.6) is 5.75 Å². The highest BCUT2D eigenvalue weighted by atomic mass is 16.5. The quantitative estimate of drug-likeness (QED) is 0.882. The number of anilines is 1. The van der Waals surface area contributed by atoms with E-state index in [1.807, 2.05) is 0 Å². The second kappa shape index (κ2) is 5.89. The van der Waals surface area contributed by atoms with Crippen molar-refractivity contribution in [3.05, 3.63) is 47.5 Å². The average molecular weight is 308 g/mol. The van der Waals surface area contributed by atoms with Gasteiger partial charge in [0.2, 0.25) is 0 Å². The van der Waals surface area contributed by atoms with Gasteiger partial charge in [0.05, 0.1) is 7.11 Å². The first-order valence-electron chi connectivity index (χ1n) is 8.53. The van der Waals surface area contributed by atoms with Gasteiger partial charge in [0.15, 0.2) is 0 Å². The van der Waals surface area contributed by atoms with Crippen LogP contribution < -0.4 is 15.4 Å². The Labute approximate surface area is 138 Å². The predicted octanol–water partition coefficient (Wildman–Crippen LogP) is 3.93. The molecule has 120 valence electrons. The second-order valence-corrected chi connectivity index (χ2v) is 6.63. The first-order valence-corrected chi connectivity index (χ1v) is 8.53. The molecule has 0 radical (unpaired) electrons. The molecule has 2 N–H and O–H groups in total. The molecule has 2 atom stereocenters. The maximum Gasteiger partial charge on any atom is 0.119 e. The van der Waals surface area contributed by atoms with Gasteiger partial charge in [0.25, 0.3) is 0 Å². The maximum atomic E-state index is 5.36. The molecule has 2 heterocycles. The Morgan fingerprint density at radius 3 is 2.74 bits per heavy atom. The van der Waals surface area contributed by atoms with E-state index in [2.05, 4.69) is 54.0 Å². The fraction of sp³-hybridized carbons (Fsp3) is 0.400. The van der Waals surface area contributed by atoms with E-state index in [1.165, 1.54) is 40.8 Å². The Balaban J connectivity index is 1.81. The summed E-state index contributed by atoms with van der Waals surface area (Å²) in [7, 11) is 1.72. The lowest BCUT2D eigenvalue weighted by molar-refractivity contribution is 0.414. The third-order valence-electron chi connectivity index (χ3n) is 5.29. The molecule has 2 aromatic carbocycles. The molecule has 2 aliphatic heterocycles. The van der Waals surface area contributed by atoms with Crippen LogP contribution in [0.25, 0.3) is 11.1 Å². The van der Waals surface area contributed by atoms with E-state index in [0.717, 1.165) is 18.8 Å². The highest BCUT2D eigenvalue weighted by Gasteiger charge is 2.34. The summed E-state index contributed by atoms with van der Waals surface area (Å²) in [6.07, 6.45) is 2.40. The van der Waals surface area contributed by atoms with E-state index in [0.29, 0.717) is 12.0 Å². The number of benzene rings is 2. The topological polar surface area (TPSA) is 33.3 Å². The van der Waals surface area contributed by atoms with Crippen LogP contribution >= 0.6 is 0 Å². The molecule has 3 nitrogen and oxygen atoms in total. The normalized spacial score (nSPS) is 22.7. The van der Waals surface area contributed by atoms with Gasteiger partial charge in [0.1, 0.15) is 5.75 Å². The molecule has 4 rings (SSSR count). The van der Waals surface area contributed by atoms with E-state index in [4.69, 9.17) is 4.74 Å². The first kappa shape index (κ1) is 14.6. The molecule has 2 aromatic rings. The summed E-state index contributed by atoms with van der Waals surface area (Å²) in [5.74, 6) is 1.53. The minimum Gasteiger partial charge on any atom is -0.497 e. The van der Waals surface area contributed by atoms with Crippen LogP contribution in [0.3, 0.4) is 0 Å². The first-order chi connectivity index (χ1) is 11.3. The maximum absolute atomic E-state index is 5.36. The summed E-state index contributed by atoms with van der Waals surface area (Å²) < 4.78 is 5.36. The number of hydrogen-bond donors (Lipinski definition) is 2. The Hall–Kier alpha value is -2.00. The fourth-order valence-corrected chi connectivity index (χ4v) is 4.15. The number of ether oxygens (including phenoxy) is 1. The molecule has 0 amide bonds. The molecule has 23 heavy (non-hydrogen) atoms. The third-order valence-corrected chi connectivity index (χ3v) is 5.29. The lowest BCUT2D eigenvalue weighted by Crippen LogP contribution is -2.21. The molecule has 0 saturated carbocycles. The molecule has 0 bridgehead atoms. The van der Waals surface area contributed by atoms with Crippen LogP contribution in [0.15, 0.2) is 36.4 Å². The molecule has 3 heteroatoms. The molecule has 2 unspecified atom stereocenters. The molecule has 1 saturated heterocycles. The van der Waals surface area contributed by atoms with Crippen molar-refractivity contribution in [2.45, 2.75) is 31.7 Å². The minimum atomic E-state index is 0.569. The lowest BCUT2D eigenvalue weighted by atomic mass is 9.85. The highest BCUT2D eigenvalue weighted by Crippen LogP contribution is 2.46. The van der Waals surface area contributed by atoms with E-state index < -0.39 is 0 Å². The summed E-state index contributed by atoms with van der Waals surface area (Å²) >= 11 is 0. The van der Waals surface area contributed by atoms with Crippen molar-refractivity contribution in [1.29, 1.82) is 0 Å². The summed E-state index contributed by atoms with van der Waals surface area (Å²) in [6.45, 7) is 4.39. The van der Waals surface area contributed by atoms with Crippen molar-refractivity contribution in [2.75, 3.05) is 25.5 Å². The smallest absolute Gasteiger partial charge is 0.119 e. The summed E-state index contributed by atoms with van der Waals surface area (Å²) in [5.41, 5.74) is 6.81. The molecular formula is C20H24N2O. The molecule has 1 fully saturated rings. The zero-order valence-corrected chi connectivity index (χ0v) is 13.9. The van der Waals surface area contributed by atoms with Crippen molar-refractivity contribution in [3.63, 3.8) is 0 Å². The number of methoxy groups -OCH3 is 1. The van der Waals surface area contributed by atoms with E-state index in [1.54, 1.807) is 7.11 Å². The number of aryl methyl sites for hydroxylation is 1. The Kier molecular flexibility index (Phi) is 3.74. The van der Waals surface area contributed by atoms with Crippen LogP contribution in [-0.2, 0) is 0 Å². The number of hydrogen-bond acceptors (Lipinski definition) is 3.